The van der Waals surface area contributed by atoms with Gasteiger partial charge in [-0.1, -0.05) is 0 Å². The molecule has 2 nitrogen and oxygen atoms in total. The number of rotatable bonds is 5. The Bertz CT molecular complexity index is 2670. The Morgan fingerprint density at radius 2 is 0.735 bits per heavy atom. The number of hydrogen-bond donors (Lipinski definition) is 0. The minimum absolute atomic E-state index is 1.19. The third-order valence-corrected chi connectivity index (χ3v) is 15.0. The fourth-order valence-corrected chi connectivity index (χ4v) is 13.0. The van der Waals surface area contributed by atoms with Gasteiger partial charge in [0.2, 0.25) is 0 Å². The molecule has 0 aliphatic rings. The predicted molar refractivity (Wildman–Crippen MR) is 210 cm³/mol. The van der Waals surface area contributed by atoms with Crippen molar-refractivity contribution in [2.75, 3.05) is 0 Å². The maximum atomic E-state index is 2.51. The standard InChI is InChI=1S/C46H31AsN2/c1-3-16-35(17-4-1)48-43-24-11-9-21-38(43)40-30-33(26-28-45(40)48)47(42-23-13-15-32-14-7-8-20-37(32)42)34-27-29-46-41(31-34)39-22-10-12-25-44(39)49(46)36-18-5-2-6-19-36/h1-31H. The van der Waals surface area contributed by atoms with E-state index in [0.717, 1.165) is 0 Å². The Morgan fingerprint density at radius 3 is 1.29 bits per heavy atom. The van der Waals surface area contributed by atoms with Crippen molar-refractivity contribution >= 4 is 82.1 Å². The summed E-state index contributed by atoms with van der Waals surface area (Å²) in [5, 5.41) is 7.83. The van der Waals surface area contributed by atoms with E-state index in [0.29, 0.717) is 0 Å². The summed E-state index contributed by atoms with van der Waals surface area (Å²) in [7, 11) is 0. The van der Waals surface area contributed by atoms with Gasteiger partial charge in [0.05, 0.1) is 0 Å². The summed E-state index contributed by atoms with van der Waals surface area (Å²) in [6, 6.07) is 69.5. The van der Waals surface area contributed by atoms with Crippen LogP contribution in [-0.2, 0) is 0 Å². The van der Waals surface area contributed by atoms with Crippen molar-refractivity contribution in [1.29, 1.82) is 0 Å². The molecule has 0 saturated carbocycles. The van der Waals surface area contributed by atoms with Crippen LogP contribution in [0.25, 0.3) is 65.8 Å². The monoisotopic (exact) mass is 686 g/mol. The molecular weight excluding hydrogens is 655 g/mol. The number of benzene rings is 8. The Hall–Kier alpha value is -5.82. The van der Waals surface area contributed by atoms with Gasteiger partial charge in [-0.15, -0.1) is 0 Å². The molecule has 49 heavy (non-hydrogen) atoms. The fourth-order valence-electron chi connectivity index (χ4n) is 7.74. The van der Waals surface area contributed by atoms with Crippen LogP contribution < -0.4 is 13.1 Å². The van der Waals surface area contributed by atoms with Gasteiger partial charge in [0.15, 0.2) is 0 Å². The van der Waals surface area contributed by atoms with Gasteiger partial charge in [-0.2, -0.15) is 0 Å². The van der Waals surface area contributed by atoms with Gasteiger partial charge in [-0.25, -0.2) is 0 Å². The van der Waals surface area contributed by atoms with Gasteiger partial charge < -0.3 is 0 Å². The Balaban J connectivity index is 1.26. The van der Waals surface area contributed by atoms with Gasteiger partial charge in [0.1, 0.15) is 0 Å². The van der Waals surface area contributed by atoms with E-state index in [-0.39, 0.29) is 0 Å². The van der Waals surface area contributed by atoms with Crippen molar-refractivity contribution in [2.45, 2.75) is 0 Å². The fraction of sp³-hybridized carbons (Fsp3) is 0. The van der Waals surface area contributed by atoms with Crippen LogP contribution in [0.5, 0.6) is 0 Å². The second kappa shape index (κ2) is 11.4. The zero-order valence-corrected chi connectivity index (χ0v) is 28.6. The minimum atomic E-state index is -2.08. The number of nitrogens with zero attached hydrogens (tertiary/aromatic N) is 2. The summed E-state index contributed by atoms with van der Waals surface area (Å²) in [4.78, 5) is 0. The normalized spacial score (nSPS) is 11.9. The van der Waals surface area contributed by atoms with Crippen LogP contribution in [0.3, 0.4) is 0 Å². The molecule has 230 valence electrons. The van der Waals surface area contributed by atoms with Crippen LogP contribution in [-0.4, -0.2) is 23.8 Å². The van der Waals surface area contributed by atoms with E-state index >= 15 is 0 Å². The van der Waals surface area contributed by atoms with Gasteiger partial charge in [-0.3, -0.25) is 0 Å². The molecule has 0 atom stereocenters. The second-order valence-electron chi connectivity index (χ2n) is 12.6. The topological polar surface area (TPSA) is 9.86 Å². The van der Waals surface area contributed by atoms with Crippen molar-refractivity contribution in [3.05, 3.63) is 188 Å². The van der Waals surface area contributed by atoms with Gasteiger partial charge in [-0.05, 0) is 0 Å². The molecule has 3 heteroatoms. The summed E-state index contributed by atoms with van der Waals surface area (Å²) in [5.74, 6) is 0. The van der Waals surface area contributed by atoms with Gasteiger partial charge in [0, 0.05) is 0 Å². The van der Waals surface area contributed by atoms with Crippen molar-refractivity contribution in [1.82, 2.24) is 9.13 Å². The molecule has 0 aliphatic carbocycles. The van der Waals surface area contributed by atoms with E-state index in [9.17, 15) is 0 Å². The zero-order chi connectivity index (χ0) is 32.3. The summed E-state index contributed by atoms with van der Waals surface area (Å²) in [5.41, 5.74) is 7.32. The molecule has 0 N–H and O–H groups in total. The number of para-hydroxylation sites is 4. The molecule has 0 spiro atoms. The van der Waals surface area contributed by atoms with Gasteiger partial charge >= 0.3 is 291 Å². The first-order valence-corrected chi connectivity index (χ1v) is 19.6. The average molecular weight is 687 g/mol. The number of fused-ring (bicyclic) bond motifs is 7. The number of hydrogen-bond acceptors (Lipinski definition) is 0. The second-order valence-corrected chi connectivity index (χ2v) is 17.2. The molecule has 10 aromatic rings. The molecule has 10 rings (SSSR count). The molecule has 0 amide bonds. The van der Waals surface area contributed by atoms with Gasteiger partial charge in [0.25, 0.3) is 0 Å². The van der Waals surface area contributed by atoms with E-state index in [1.807, 2.05) is 0 Å². The number of aromatic nitrogens is 2. The molecule has 2 heterocycles. The molecule has 0 bridgehead atoms. The summed E-state index contributed by atoms with van der Waals surface area (Å²) in [6.07, 6.45) is 0. The molecule has 0 unspecified atom stereocenters. The Kier molecular flexibility index (Phi) is 6.57. The van der Waals surface area contributed by atoms with Crippen LogP contribution in [0.4, 0.5) is 0 Å². The Morgan fingerprint density at radius 1 is 0.306 bits per heavy atom. The van der Waals surface area contributed by atoms with Crippen molar-refractivity contribution in [3.63, 3.8) is 0 Å². The third-order valence-electron chi connectivity index (χ3n) is 9.87. The molecule has 2 aromatic heterocycles. The maximum absolute atomic E-state index is 2.51. The van der Waals surface area contributed by atoms with Crippen LogP contribution in [0.1, 0.15) is 0 Å². The van der Waals surface area contributed by atoms with Crippen LogP contribution in [0.15, 0.2) is 188 Å². The van der Waals surface area contributed by atoms with E-state index < -0.39 is 14.7 Å². The first kappa shape index (κ1) is 28.2. The average Bonchev–Trinajstić information content (AvgIpc) is 3.68. The third kappa shape index (κ3) is 4.49. The first-order valence-electron chi connectivity index (χ1n) is 16.8. The Labute approximate surface area is 289 Å². The van der Waals surface area contributed by atoms with E-state index in [2.05, 4.69) is 197 Å². The van der Waals surface area contributed by atoms with E-state index in [1.54, 1.807) is 0 Å². The quantitative estimate of drug-likeness (QED) is 0.160. The molecule has 0 fully saturated rings. The summed E-state index contributed by atoms with van der Waals surface area (Å²) >= 11 is -2.08. The molecular formula is C46H31AsN2. The molecule has 0 radical (unpaired) electrons. The van der Waals surface area contributed by atoms with Crippen LogP contribution in [0, 0.1) is 0 Å². The first-order chi connectivity index (χ1) is 24.3. The van der Waals surface area contributed by atoms with Crippen LogP contribution in [0.2, 0.25) is 0 Å². The predicted octanol–water partition coefficient (Wildman–Crippen LogP) is 9.55. The summed E-state index contributed by atoms with van der Waals surface area (Å²) in [6.45, 7) is 0. The SMILES string of the molecule is c1ccc(-n2c3ccccc3c3cc([As](c4ccc5c(c4)c4ccccc4n5-c4ccccc4)c4cccc5ccccc45)ccc32)cc1. The van der Waals surface area contributed by atoms with Crippen LogP contribution >= 0.6 is 0 Å². The van der Waals surface area contributed by atoms with E-state index in [1.165, 1.54) is 78.8 Å². The molecule has 0 saturated heterocycles. The zero-order valence-electron chi connectivity index (χ0n) is 26.7. The van der Waals surface area contributed by atoms with Crippen molar-refractivity contribution < 1.29 is 0 Å². The molecule has 8 aromatic carbocycles. The van der Waals surface area contributed by atoms with E-state index in [4.69, 9.17) is 0 Å². The van der Waals surface area contributed by atoms with Crippen molar-refractivity contribution in [3.8, 4) is 11.4 Å². The summed E-state index contributed by atoms with van der Waals surface area (Å²) < 4.78 is 9.14. The molecule has 0 aliphatic heterocycles. The van der Waals surface area contributed by atoms with Crippen molar-refractivity contribution in [2.24, 2.45) is 0 Å².